The topological polar surface area (TPSA) is 56.6 Å². The predicted molar refractivity (Wildman–Crippen MR) is 101 cm³/mol. The molecule has 1 atom stereocenters. The molecule has 1 saturated heterocycles. The second kappa shape index (κ2) is 8.00. The summed E-state index contributed by atoms with van der Waals surface area (Å²) in [7, 11) is 1.62. The molecule has 1 fully saturated rings. The molecule has 1 aliphatic rings. The summed E-state index contributed by atoms with van der Waals surface area (Å²) < 4.78 is 6.13. The zero-order chi connectivity index (χ0) is 17.8. The van der Waals surface area contributed by atoms with Gasteiger partial charge in [0.1, 0.15) is 11.8 Å². The molecule has 3 rings (SSSR count). The van der Waals surface area contributed by atoms with Gasteiger partial charge in [-0.15, -0.1) is 11.3 Å². The lowest BCUT2D eigenvalue weighted by Gasteiger charge is -2.37. The number of hydrogen-bond acceptors (Lipinski definition) is 5. The van der Waals surface area contributed by atoms with E-state index in [0.29, 0.717) is 26.2 Å². The number of ether oxygens (including phenoxy) is 1. The number of hydrogen-bond donors (Lipinski definition) is 0. The van der Waals surface area contributed by atoms with Gasteiger partial charge in [-0.3, -0.25) is 9.69 Å². The standard InChI is InChI=1S/C18H18BrN3O2S/c1-24-15-4-2-13(3-5-15)16(11-20)21-6-8-22(9-7-21)18(23)14-10-17(19)25-12-14/h2-5,10,12,16H,6-9H2,1H3. The number of halogens is 1. The minimum absolute atomic E-state index is 0.0551. The molecular weight excluding hydrogens is 402 g/mol. The molecule has 2 heterocycles. The summed E-state index contributed by atoms with van der Waals surface area (Å²) >= 11 is 4.90. The Morgan fingerprint density at radius 3 is 2.48 bits per heavy atom. The highest BCUT2D eigenvalue weighted by Crippen LogP contribution is 2.25. The van der Waals surface area contributed by atoms with E-state index in [9.17, 15) is 10.1 Å². The number of methoxy groups -OCH3 is 1. The number of carbonyl (C=O) groups excluding carboxylic acids is 1. The van der Waals surface area contributed by atoms with Crippen LogP contribution in [0, 0.1) is 11.3 Å². The molecule has 7 heteroatoms. The number of benzene rings is 1. The Labute approximate surface area is 159 Å². The highest BCUT2D eigenvalue weighted by atomic mass is 79.9. The van der Waals surface area contributed by atoms with Crippen LogP contribution in [-0.4, -0.2) is 49.0 Å². The molecule has 1 aliphatic heterocycles. The number of carbonyl (C=O) groups is 1. The average molecular weight is 420 g/mol. The summed E-state index contributed by atoms with van der Waals surface area (Å²) in [5.41, 5.74) is 1.67. The molecule has 1 amide bonds. The third-order valence-corrected chi connectivity index (χ3v) is 5.84. The zero-order valence-electron chi connectivity index (χ0n) is 13.8. The van der Waals surface area contributed by atoms with Crippen molar-refractivity contribution < 1.29 is 9.53 Å². The monoisotopic (exact) mass is 419 g/mol. The van der Waals surface area contributed by atoms with Crippen molar-refractivity contribution in [3.8, 4) is 11.8 Å². The first-order valence-corrected chi connectivity index (χ1v) is 9.60. The normalized spacial score (nSPS) is 16.3. The lowest BCUT2D eigenvalue weighted by Crippen LogP contribution is -2.49. The third kappa shape index (κ3) is 4.03. The number of nitrogens with zero attached hydrogens (tertiary/aromatic N) is 3. The van der Waals surface area contributed by atoms with E-state index in [1.807, 2.05) is 40.6 Å². The van der Waals surface area contributed by atoms with E-state index in [1.165, 1.54) is 11.3 Å². The summed E-state index contributed by atoms with van der Waals surface area (Å²) in [5.74, 6) is 0.831. The Kier molecular flexibility index (Phi) is 5.74. The van der Waals surface area contributed by atoms with E-state index >= 15 is 0 Å². The Morgan fingerprint density at radius 1 is 1.28 bits per heavy atom. The van der Waals surface area contributed by atoms with Crippen LogP contribution in [0.3, 0.4) is 0 Å². The van der Waals surface area contributed by atoms with Crippen LogP contribution in [-0.2, 0) is 0 Å². The molecule has 1 unspecified atom stereocenters. The Hall–Kier alpha value is -1.88. The third-order valence-electron chi connectivity index (χ3n) is 4.33. The Balaban J connectivity index is 1.64. The highest BCUT2D eigenvalue weighted by Gasteiger charge is 2.27. The Bertz CT molecular complexity index is 776. The maximum absolute atomic E-state index is 12.5. The van der Waals surface area contributed by atoms with Crippen LogP contribution in [0.5, 0.6) is 5.75 Å². The Morgan fingerprint density at radius 2 is 1.96 bits per heavy atom. The van der Waals surface area contributed by atoms with Gasteiger partial charge < -0.3 is 9.64 Å². The van der Waals surface area contributed by atoms with E-state index < -0.39 is 0 Å². The average Bonchev–Trinajstić information content (AvgIpc) is 3.09. The van der Waals surface area contributed by atoms with E-state index in [4.69, 9.17) is 4.74 Å². The minimum Gasteiger partial charge on any atom is -0.497 e. The summed E-state index contributed by atoms with van der Waals surface area (Å²) in [5, 5.41) is 11.5. The number of rotatable bonds is 4. The molecule has 25 heavy (non-hydrogen) atoms. The fourth-order valence-electron chi connectivity index (χ4n) is 2.94. The van der Waals surface area contributed by atoms with Gasteiger partial charge in [-0.05, 0) is 39.7 Å². The molecule has 1 aromatic heterocycles. The van der Waals surface area contributed by atoms with Crippen molar-refractivity contribution in [2.75, 3.05) is 33.3 Å². The summed E-state index contributed by atoms with van der Waals surface area (Å²) in [6.07, 6.45) is 0. The number of amides is 1. The van der Waals surface area contributed by atoms with Crippen molar-refractivity contribution in [1.29, 1.82) is 5.26 Å². The van der Waals surface area contributed by atoms with E-state index in [0.717, 1.165) is 20.7 Å². The maximum atomic E-state index is 12.5. The van der Waals surface area contributed by atoms with Crippen molar-refractivity contribution in [2.24, 2.45) is 0 Å². The van der Waals surface area contributed by atoms with Crippen LogP contribution in [0.15, 0.2) is 39.5 Å². The maximum Gasteiger partial charge on any atom is 0.254 e. The number of piperazine rings is 1. The van der Waals surface area contributed by atoms with E-state index in [1.54, 1.807) is 7.11 Å². The molecule has 0 radical (unpaired) electrons. The van der Waals surface area contributed by atoms with Gasteiger partial charge in [-0.25, -0.2) is 0 Å². The molecule has 0 spiro atoms. The van der Waals surface area contributed by atoms with Crippen LogP contribution < -0.4 is 4.74 Å². The van der Waals surface area contributed by atoms with Crippen LogP contribution in [0.2, 0.25) is 0 Å². The highest BCUT2D eigenvalue weighted by molar-refractivity contribution is 9.11. The summed E-state index contributed by atoms with van der Waals surface area (Å²) in [6, 6.07) is 11.5. The van der Waals surface area contributed by atoms with Crippen LogP contribution >= 0.6 is 27.3 Å². The smallest absolute Gasteiger partial charge is 0.254 e. The largest absolute Gasteiger partial charge is 0.497 e. The van der Waals surface area contributed by atoms with Gasteiger partial charge in [0.25, 0.3) is 5.91 Å². The fourth-order valence-corrected chi connectivity index (χ4v) is 4.07. The van der Waals surface area contributed by atoms with Crippen molar-refractivity contribution >= 4 is 33.2 Å². The van der Waals surface area contributed by atoms with Gasteiger partial charge in [-0.2, -0.15) is 5.26 Å². The second-order valence-electron chi connectivity index (χ2n) is 5.77. The molecule has 0 aliphatic carbocycles. The lowest BCUT2D eigenvalue weighted by molar-refractivity contribution is 0.0607. The SMILES string of the molecule is COc1ccc(C(C#N)N2CCN(C(=O)c3csc(Br)c3)CC2)cc1. The first kappa shape index (κ1) is 17.9. The summed E-state index contributed by atoms with van der Waals surface area (Å²) in [4.78, 5) is 16.5. The second-order valence-corrected chi connectivity index (χ2v) is 8.06. The summed E-state index contributed by atoms with van der Waals surface area (Å²) in [6.45, 7) is 2.61. The van der Waals surface area contributed by atoms with Gasteiger partial charge in [0, 0.05) is 31.6 Å². The van der Waals surface area contributed by atoms with Gasteiger partial charge in [0.2, 0.25) is 0 Å². The molecule has 0 bridgehead atoms. The van der Waals surface area contributed by atoms with E-state index in [-0.39, 0.29) is 11.9 Å². The van der Waals surface area contributed by atoms with Gasteiger partial charge in [0.15, 0.2) is 0 Å². The van der Waals surface area contributed by atoms with E-state index in [2.05, 4.69) is 26.9 Å². The first-order chi connectivity index (χ1) is 12.1. The zero-order valence-corrected chi connectivity index (χ0v) is 16.2. The molecule has 1 aromatic carbocycles. The van der Waals surface area contributed by atoms with Crippen LogP contribution in [0.4, 0.5) is 0 Å². The molecule has 130 valence electrons. The van der Waals surface area contributed by atoms with Crippen molar-refractivity contribution in [3.05, 3.63) is 50.6 Å². The molecular formula is C18H18BrN3O2S. The fraction of sp³-hybridized carbons (Fsp3) is 0.333. The minimum atomic E-state index is -0.307. The quantitative estimate of drug-likeness (QED) is 0.760. The van der Waals surface area contributed by atoms with Crippen molar-refractivity contribution in [1.82, 2.24) is 9.80 Å². The van der Waals surface area contributed by atoms with Crippen LogP contribution in [0.1, 0.15) is 22.0 Å². The van der Waals surface area contributed by atoms with Gasteiger partial charge >= 0.3 is 0 Å². The van der Waals surface area contributed by atoms with Crippen LogP contribution in [0.25, 0.3) is 0 Å². The molecule has 2 aromatic rings. The number of nitriles is 1. The first-order valence-electron chi connectivity index (χ1n) is 7.93. The molecule has 5 nitrogen and oxygen atoms in total. The predicted octanol–water partition coefficient (Wildman–Crippen LogP) is 3.54. The number of thiophene rings is 1. The van der Waals surface area contributed by atoms with Gasteiger partial charge in [-0.1, -0.05) is 12.1 Å². The lowest BCUT2D eigenvalue weighted by atomic mass is 10.1. The van der Waals surface area contributed by atoms with Crippen molar-refractivity contribution in [2.45, 2.75) is 6.04 Å². The van der Waals surface area contributed by atoms with Crippen molar-refractivity contribution in [3.63, 3.8) is 0 Å². The molecule has 0 N–H and O–H groups in total. The molecule has 0 saturated carbocycles. The van der Waals surface area contributed by atoms with Gasteiger partial charge in [0.05, 0.1) is 22.5 Å².